The van der Waals surface area contributed by atoms with E-state index in [1.807, 2.05) is 0 Å². The molecule has 0 saturated heterocycles. The van der Waals surface area contributed by atoms with Crippen molar-refractivity contribution in [3.63, 3.8) is 0 Å². The predicted octanol–water partition coefficient (Wildman–Crippen LogP) is 2.14. The Morgan fingerprint density at radius 2 is 2.05 bits per heavy atom. The summed E-state index contributed by atoms with van der Waals surface area (Å²) in [5.74, 6) is 1.24. The Morgan fingerprint density at radius 1 is 1.33 bits per heavy atom. The molecule has 1 aromatic carbocycles. The van der Waals surface area contributed by atoms with Crippen molar-refractivity contribution in [2.45, 2.75) is 19.8 Å². The monoisotopic (exact) mass is 294 g/mol. The van der Waals surface area contributed by atoms with Gasteiger partial charge in [-0.05, 0) is 31.5 Å². The lowest BCUT2D eigenvalue weighted by Gasteiger charge is -2.13. The van der Waals surface area contributed by atoms with Crippen LogP contribution in [0.15, 0.2) is 23.4 Å². The highest BCUT2D eigenvalue weighted by molar-refractivity contribution is 5.98. The van der Waals surface area contributed by atoms with Gasteiger partial charge in [0.15, 0.2) is 11.5 Å². The third kappa shape index (κ3) is 4.98. The Morgan fingerprint density at radius 3 is 2.62 bits per heavy atom. The smallest absolute Gasteiger partial charge is 0.222 e. The third-order valence-electron chi connectivity index (χ3n) is 3.02. The van der Waals surface area contributed by atoms with Crippen molar-refractivity contribution in [3.8, 4) is 11.5 Å². The molecule has 1 N–H and O–H groups in total. The first-order chi connectivity index (χ1) is 9.99. The predicted molar refractivity (Wildman–Crippen MR) is 80.4 cm³/mol. The number of hydrogen-bond donors (Lipinski definition) is 1. The van der Waals surface area contributed by atoms with E-state index in [1.165, 1.54) is 0 Å². The van der Waals surface area contributed by atoms with Gasteiger partial charge >= 0.3 is 0 Å². The molecule has 6 heteroatoms. The fraction of sp³-hybridized carbons (Fsp3) is 0.467. The van der Waals surface area contributed by atoms with Crippen LogP contribution in [0.3, 0.4) is 0 Å². The average Bonchev–Trinajstić information content (AvgIpc) is 2.50. The molecule has 1 rings (SSSR count). The van der Waals surface area contributed by atoms with Crippen LogP contribution in [-0.4, -0.2) is 49.5 Å². The normalized spacial score (nSPS) is 11.1. The molecule has 1 aromatic rings. The van der Waals surface area contributed by atoms with Crippen molar-refractivity contribution in [1.82, 2.24) is 4.90 Å². The zero-order valence-electron chi connectivity index (χ0n) is 12.9. The number of amides is 1. The first kappa shape index (κ1) is 16.8. The lowest BCUT2D eigenvalue weighted by Crippen LogP contribution is -2.21. The van der Waals surface area contributed by atoms with Crippen LogP contribution in [0.5, 0.6) is 11.5 Å². The Labute approximate surface area is 125 Å². The van der Waals surface area contributed by atoms with Crippen LogP contribution in [0, 0.1) is 0 Å². The molecule has 0 fully saturated rings. The second kappa shape index (κ2) is 8.14. The first-order valence-electron chi connectivity index (χ1n) is 6.69. The summed E-state index contributed by atoms with van der Waals surface area (Å²) in [6, 6.07) is 5.30. The van der Waals surface area contributed by atoms with Crippen LogP contribution >= 0.6 is 0 Å². The fourth-order valence-electron chi connectivity index (χ4n) is 1.70. The molecule has 0 unspecified atom stereocenters. The summed E-state index contributed by atoms with van der Waals surface area (Å²) in [7, 11) is 5.01. The number of ether oxygens (including phenoxy) is 2. The van der Waals surface area contributed by atoms with Gasteiger partial charge in [0.2, 0.25) is 5.91 Å². The van der Waals surface area contributed by atoms with Gasteiger partial charge in [-0.3, -0.25) is 4.79 Å². The van der Waals surface area contributed by atoms with Crippen molar-refractivity contribution in [2.24, 2.45) is 5.16 Å². The van der Waals surface area contributed by atoms with Gasteiger partial charge in [0.25, 0.3) is 0 Å². The topological polar surface area (TPSA) is 71.4 Å². The van der Waals surface area contributed by atoms with Gasteiger partial charge in [0.05, 0.1) is 19.4 Å². The molecule has 0 spiro atoms. The Hall–Kier alpha value is -2.24. The molecule has 0 atom stereocenters. The quantitative estimate of drug-likeness (QED) is 0.362. The van der Waals surface area contributed by atoms with E-state index in [1.54, 1.807) is 51.2 Å². The highest BCUT2D eigenvalue weighted by Gasteiger charge is 2.09. The number of oxime groups is 1. The molecule has 21 heavy (non-hydrogen) atoms. The van der Waals surface area contributed by atoms with Crippen molar-refractivity contribution in [1.29, 1.82) is 0 Å². The Kier molecular flexibility index (Phi) is 6.52. The van der Waals surface area contributed by atoms with Gasteiger partial charge in [0.1, 0.15) is 0 Å². The minimum atomic E-state index is 0.0793. The second-order valence-corrected chi connectivity index (χ2v) is 4.79. The van der Waals surface area contributed by atoms with E-state index in [4.69, 9.17) is 14.7 Å². The summed E-state index contributed by atoms with van der Waals surface area (Å²) in [5.41, 5.74) is 1.25. The van der Waals surface area contributed by atoms with E-state index in [0.29, 0.717) is 36.7 Å². The van der Waals surface area contributed by atoms with Crippen LogP contribution in [-0.2, 0) is 4.79 Å². The molecule has 0 aliphatic rings. The molecule has 0 aromatic heterocycles. The first-order valence-corrected chi connectivity index (χ1v) is 6.69. The molecule has 116 valence electrons. The maximum atomic E-state index is 11.4. The van der Waals surface area contributed by atoms with Gasteiger partial charge in [-0.1, -0.05) is 5.16 Å². The zero-order chi connectivity index (χ0) is 15.8. The maximum absolute atomic E-state index is 11.4. The lowest BCUT2D eigenvalue weighted by atomic mass is 10.1. The highest BCUT2D eigenvalue weighted by atomic mass is 16.5. The molecule has 0 radical (unpaired) electrons. The molecule has 0 aliphatic heterocycles. The van der Waals surface area contributed by atoms with Crippen molar-refractivity contribution >= 4 is 11.6 Å². The summed E-state index contributed by atoms with van der Waals surface area (Å²) in [6.07, 6.45) is 1.09. The molecule has 0 saturated carbocycles. The Bertz CT molecular complexity index is 512. The Balaban J connectivity index is 2.61. The van der Waals surface area contributed by atoms with Crippen LogP contribution < -0.4 is 9.47 Å². The minimum Gasteiger partial charge on any atom is -0.493 e. The van der Waals surface area contributed by atoms with E-state index in [2.05, 4.69) is 5.16 Å². The van der Waals surface area contributed by atoms with Crippen molar-refractivity contribution in [2.75, 3.05) is 27.8 Å². The van der Waals surface area contributed by atoms with E-state index in [-0.39, 0.29) is 5.91 Å². The van der Waals surface area contributed by atoms with Gasteiger partial charge in [-0.15, -0.1) is 0 Å². The number of carbonyl (C=O) groups excluding carboxylic acids is 1. The number of benzene rings is 1. The minimum absolute atomic E-state index is 0.0793. The van der Waals surface area contributed by atoms with Crippen molar-refractivity contribution in [3.05, 3.63) is 23.8 Å². The molecule has 0 bridgehead atoms. The summed E-state index contributed by atoms with van der Waals surface area (Å²) >= 11 is 0. The van der Waals surface area contributed by atoms with Crippen LogP contribution in [0.4, 0.5) is 0 Å². The van der Waals surface area contributed by atoms with Gasteiger partial charge in [-0.25, -0.2) is 0 Å². The molecule has 0 heterocycles. The number of rotatable bonds is 7. The SMILES string of the molecule is COc1cc(C(C)=NO)ccc1OCCCC(=O)N(C)C. The highest BCUT2D eigenvalue weighted by Crippen LogP contribution is 2.28. The van der Waals surface area contributed by atoms with Gasteiger partial charge in [-0.2, -0.15) is 0 Å². The zero-order valence-corrected chi connectivity index (χ0v) is 12.9. The third-order valence-corrected chi connectivity index (χ3v) is 3.02. The summed E-state index contributed by atoms with van der Waals surface area (Å²) in [4.78, 5) is 13.0. The number of methoxy groups -OCH3 is 1. The largest absolute Gasteiger partial charge is 0.493 e. The molecular weight excluding hydrogens is 272 g/mol. The fourth-order valence-corrected chi connectivity index (χ4v) is 1.70. The average molecular weight is 294 g/mol. The molecular formula is C15H22N2O4. The van der Waals surface area contributed by atoms with E-state index in [9.17, 15) is 4.79 Å². The summed E-state index contributed by atoms with van der Waals surface area (Å²) < 4.78 is 10.9. The van der Waals surface area contributed by atoms with E-state index < -0.39 is 0 Å². The van der Waals surface area contributed by atoms with Crippen LogP contribution in [0.2, 0.25) is 0 Å². The number of carbonyl (C=O) groups is 1. The number of nitrogens with zero attached hydrogens (tertiary/aromatic N) is 2. The van der Waals surface area contributed by atoms with Gasteiger partial charge in [0, 0.05) is 26.1 Å². The molecule has 6 nitrogen and oxygen atoms in total. The summed E-state index contributed by atoms with van der Waals surface area (Å²) in [6.45, 7) is 2.13. The second-order valence-electron chi connectivity index (χ2n) is 4.79. The van der Waals surface area contributed by atoms with Gasteiger partial charge < -0.3 is 19.6 Å². The standard InChI is InChI=1S/C15H22N2O4/c1-11(16-19)12-7-8-13(14(10-12)20-4)21-9-5-6-15(18)17(2)3/h7-8,10,19H,5-6,9H2,1-4H3. The molecule has 0 aliphatic carbocycles. The van der Waals surface area contributed by atoms with Crippen molar-refractivity contribution < 1.29 is 19.5 Å². The maximum Gasteiger partial charge on any atom is 0.222 e. The molecule has 1 amide bonds. The number of hydrogen-bond acceptors (Lipinski definition) is 5. The van der Waals surface area contributed by atoms with Crippen LogP contribution in [0.25, 0.3) is 0 Å². The summed E-state index contributed by atoms with van der Waals surface area (Å²) in [5, 5.41) is 11.9. The van der Waals surface area contributed by atoms with E-state index in [0.717, 1.165) is 5.56 Å². The lowest BCUT2D eigenvalue weighted by molar-refractivity contribution is -0.128. The van der Waals surface area contributed by atoms with Crippen LogP contribution in [0.1, 0.15) is 25.3 Å². The van der Waals surface area contributed by atoms with E-state index >= 15 is 0 Å².